The van der Waals surface area contributed by atoms with Gasteiger partial charge in [0.05, 0.1) is 18.3 Å². The summed E-state index contributed by atoms with van der Waals surface area (Å²) in [5, 5.41) is 6.23. The molecular formula is C21H25ClN2O4. The van der Waals surface area contributed by atoms with Gasteiger partial charge in [0.2, 0.25) is 0 Å². The van der Waals surface area contributed by atoms with Crippen LogP contribution in [-0.4, -0.2) is 38.5 Å². The van der Waals surface area contributed by atoms with E-state index >= 15 is 0 Å². The monoisotopic (exact) mass is 404 g/mol. The molecule has 7 heteroatoms. The second-order valence-electron chi connectivity index (χ2n) is 6.48. The molecule has 2 amide bonds. The van der Waals surface area contributed by atoms with Gasteiger partial charge >= 0.3 is 6.03 Å². The molecule has 0 spiro atoms. The fraction of sp³-hybridized carbons (Fsp3) is 0.381. The molecule has 3 rings (SSSR count). The first-order valence-corrected chi connectivity index (χ1v) is 9.85. The van der Waals surface area contributed by atoms with Crippen LogP contribution in [0.3, 0.4) is 0 Å². The van der Waals surface area contributed by atoms with E-state index in [-0.39, 0.29) is 12.1 Å². The van der Waals surface area contributed by atoms with Crippen molar-refractivity contribution >= 4 is 23.3 Å². The number of carbonyl (C=O) groups excluding carboxylic acids is 1. The van der Waals surface area contributed by atoms with Crippen molar-refractivity contribution in [2.24, 2.45) is 0 Å². The largest absolute Gasteiger partial charge is 0.492 e. The molecule has 0 bridgehead atoms. The summed E-state index contributed by atoms with van der Waals surface area (Å²) in [5.41, 5.74) is 0.620. The van der Waals surface area contributed by atoms with Crippen molar-refractivity contribution in [1.29, 1.82) is 0 Å². The number of hydrogen-bond acceptors (Lipinski definition) is 4. The molecular weight excluding hydrogens is 380 g/mol. The molecule has 0 saturated carbocycles. The highest BCUT2D eigenvalue weighted by Gasteiger charge is 2.15. The molecule has 6 nitrogen and oxygen atoms in total. The van der Waals surface area contributed by atoms with Crippen molar-refractivity contribution in [2.45, 2.75) is 25.4 Å². The summed E-state index contributed by atoms with van der Waals surface area (Å²) in [4.78, 5) is 12.2. The van der Waals surface area contributed by atoms with E-state index in [1.165, 1.54) is 0 Å². The van der Waals surface area contributed by atoms with Crippen LogP contribution in [0.25, 0.3) is 0 Å². The first-order valence-electron chi connectivity index (χ1n) is 9.47. The van der Waals surface area contributed by atoms with Crippen LogP contribution in [0.4, 0.5) is 10.5 Å². The Morgan fingerprint density at radius 3 is 2.71 bits per heavy atom. The molecule has 1 aliphatic heterocycles. The molecule has 0 radical (unpaired) electrons. The lowest BCUT2D eigenvalue weighted by Gasteiger charge is -2.23. The number of hydrogen-bond donors (Lipinski definition) is 2. The number of urea groups is 1. The number of carbonyl (C=O) groups is 1. The lowest BCUT2D eigenvalue weighted by Crippen LogP contribution is -2.32. The highest BCUT2D eigenvalue weighted by molar-refractivity contribution is 6.30. The summed E-state index contributed by atoms with van der Waals surface area (Å²) in [6.07, 6.45) is 3.38. The Bertz CT molecular complexity index is 748. The van der Waals surface area contributed by atoms with E-state index in [0.29, 0.717) is 42.0 Å². The molecule has 1 fully saturated rings. The quantitative estimate of drug-likeness (QED) is 0.636. The second kappa shape index (κ2) is 10.8. The number of benzene rings is 2. The van der Waals surface area contributed by atoms with Crippen molar-refractivity contribution in [3.05, 3.63) is 53.6 Å². The van der Waals surface area contributed by atoms with Crippen molar-refractivity contribution in [3.63, 3.8) is 0 Å². The van der Waals surface area contributed by atoms with Crippen LogP contribution < -0.4 is 20.1 Å². The zero-order chi connectivity index (χ0) is 19.6. The molecule has 1 heterocycles. The van der Waals surface area contributed by atoms with Gasteiger partial charge in [-0.25, -0.2) is 4.79 Å². The van der Waals surface area contributed by atoms with E-state index in [1.807, 2.05) is 18.2 Å². The third-order valence-corrected chi connectivity index (χ3v) is 4.56. The van der Waals surface area contributed by atoms with Crippen LogP contribution in [0.2, 0.25) is 5.02 Å². The Balaban J connectivity index is 1.41. The van der Waals surface area contributed by atoms with Gasteiger partial charge in [-0.05, 0) is 55.7 Å². The number of halogens is 1. The number of nitrogens with one attached hydrogen (secondary N) is 2. The lowest BCUT2D eigenvalue weighted by atomic mass is 10.1. The molecule has 2 aromatic rings. The molecule has 1 aliphatic rings. The average Bonchev–Trinajstić information content (AvgIpc) is 2.73. The normalized spacial score (nSPS) is 16.2. The number of amides is 2. The average molecular weight is 405 g/mol. The smallest absolute Gasteiger partial charge is 0.319 e. The van der Waals surface area contributed by atoms with E-state index in [0.717, 1.165) is 25.9 Å². The molecule has 1 atom stereocenters. The Kier molecular flexibility index (Phi) is 7.82. The van der Waals surface area contributed by atoms with Gasteiger partial charge in [-0.3, -0.25) is 0 Å². The third kappa shape index (κ3) is 6.62. The van der Waals surface area contributed by atoms with Gasteiger partial charge in [-0.1, -0.05) is 23.7 Å². The minimum absolute atomic E-state index is 0.112. The van der Waals surface area contributed by atoms with Crippen LogP contribution >= 0.6 is 11.6 Å². The minimum Gasteiger partial charge on any atom is -0.492 e. The highest BCUT2D eigenvalue weighted by Crippen LogP contribution is 2.25. The maximum atomic E-state index is 12.2. The summed E-state index contributed by atoms with van der Waals surface area (Å²) >= 11 is 5.83. The third-order valence-electron chi connectivity index (χ3n) is 4.30. The zero-order valence-corrected chi connectivity index (χ0v) is 16.4. The lowest BCUT2D eigenvalue weighted by molar-refractivity contribution is -0.0109. The van der Waals surface area contributed by atoms with Gasteiger partial charge in [0.15, 0.2) is 0 Å². The van der Waals surface area contributed by atoms with Crippen LogP contribution in [0.15, 0.2) is 48.5 Å². The zero-order valence-electron chi connectivity index (χ0n) is 15.7. The van der Waals surface area contributed by atoms with Crippen LogP contribution in [0.5, 0.6) is 11.5 Å². The maximum absolute atomic E-state index is 12.2. The maximum Gasteiger partial charge on any atom is 0.319 e. The van der Waals surface area contributed by atoms with Gasteiger partial charge < -0.3 is 24.8 Å². The van der Waals surface area contributed by atoms with Crippen LogP contribution in [-0.2, 0) is 4.74 Å². The standard InChI is InChI=1S/C21H25ClN2O4/c22-16-8-10-17(11-9-16)27-14-12-23-21(25)24-19-6-1-2-7-20(19)28-15-18-5-3-4-13-26-18/h1-2,6-11,18H,3-5,12-15H2,(H2,23,24,25). The molecule has 150 valence electrons. The number of para-hydroxylation sites is 2. The van der Waals surface area contributed by atoms with E-state index in [2.05, 4.69) is 10.6 Å². The van der Waals surface area contributed by atoms with Gasteiger partial charge in [-0.15, -0.1) is 0 Å². The Morgan fingerprint density at radius 2 is 1.93 bits per heavy atom. The van der Waals surface area contributed by atoms with E-state index in [4.69, 9.17) is 25.8 Å². The molecule has 2 N–H and O–H groups in total. The Morgan fingerprint density at radius 1 is 1.11 bits per heavy atom. The molecule has 0 aliphatic carbocycles. The van der Waals surface area contributed by atoms with Gasteiger partial charge in [0.1, 0.15) is 24.7 Å². The van der Waals surface area contributed by atoms with E-state index in [9.17, 15) is 4.79 Å². The molecule has 2 aromatic carbocycles. The minimum atomic E-state index is -0.315. The van der Waals surface area contributed by atoms with Crippen LogP contribution in [0, 0.1) is 0 Å². The van der Waals surface area contributed by atoms with Crippen molar-refractivity contribution < 1.29 is 19.0 Å². The number of rotatable bonds is 8. The molecule has 1 saturated heterocycles. The van der Waals surface area contributed by atoms with E-state index < -0.39 is 0 Å². The molecule has 28 heavy (non-hydrogen) atoms. The summed E-state index contributed by atoms with van der Waals surface area (Å²) in [5.74, 6) is 1.33. The fourth-order valence-corrected chi connectivity index (χ4v) is 2.97. The van der Waals surface area contributed by atoms with Crippen LogP contribution in [0.1, 0.15) is 19.3 Å². The Labute approximate surface area is 170 Å². The predicted octanol–water partition coefficient (Wildman–Crippen LogP) is 4.49. The van der Waals surface area contributed by atoms with E-state index in [1.54, 1.807) is 30.3 Å². The fourth-order valence-electron chi connectivity index (χ4n) is 2.85. The first kappa shape index (κ1) is 20.3. The molecule has 1 unspecified atom stereocenters. The van der Waals surface area contributed by atoms with Gasteiger partial charge in [0.25, 0.3) is 0 Å². The SMILES string of the molecule is O=C(NCCOc1ccc(Cl)cc1)Nc1ccccc1OCC1CCCCO1. The predicted molar refractivity (Wildman–Crippen MR) is 109 cm³/mol. The van der Waals surface area contributed by atoms with Gasteiger partial charge in [0, 0.05) is 11.6 Å². The highest BCUT2D eigenvalue weighted by atomic mass is 35.5. The van der Waals surface area contributed by atoms with Crippen molar-refractivity contribution in [2.75, 3.05) is 31.7 Å². The van der Waals surface area contributed by atoms with Gasteiger partial charge in [-0.2, -0.15) is 0 Å². The molecule has 0 aromatic heterocycles. The number of ether oxygens (including phenoxy) is 3. The summed E-state index contributed by atoms with van der Waals surface area (Å²) < 4.78 is 17.1. The first-order chi connectivity index (χ1) is 13.7. The topological polar surface area (TPSA) is 68.8 Å². The summed E-state index contributed by atoms with van der Waals surface area (Å²) in [6, 6.07) is 14.1. The van der Waals surface area contributed by atoms with Crippen molar-refractivity contribution in [3.8, 4) is 11.5 Å². The Hall–Kier alpha value is -2.44. The summed E-state index contributed by atoms with van der Waals surface area (Å²) in [6.45, 7) is 1.99. The second-order valence-corrected chi connectivity index (χ2v) is 6.92. The van der Waals surface area contributed by atoms with Crippen molar-refractivity contribution in [1.82, 2.24) is 5.32 Å². The number of anilines is 1. The summed E-state index contributed by atoms with van der Waals surface area (Å²) in [7, 11) is 0.